The molecule has 144 heavy (non-hydrogen) atoms. The van der Waals surface area contributed by atoms with Crippen molar-refractivity contribution in [3.05, 3.63) is 387 Å². The number of pyridine rings is 6. The van der Waals surface area contributed by atoms with Crippen LogP contribution in [0.1, 0.15) is 68.1 Å². The number of imidazole rings is 6. The highest BCUT2D eigenvalue weighted by Gasteiger charge is 2.23. The van der Waals surface area contributed by atoms with Crippen LogP contribution in [0.3, 0.4) is 0 Å². The summed E-state index contributed by atoms with van der Waals surface area (Å²) >= 11 is 0. The highest BCUT2D eigenvalue weighted by molar-refractivity contribution is 5.93. The van der Waals surface area contributed by atoms with E-state index >= 15 is 0 Å². The molecular formula is C108H84N28O8. The Hall–Kier alpha value is -19.7. The summed E-state index contributed by atoms with van der Waals surface area (Å²) in [5.74, 6) is 6.76. The number of Topliss-reactive ketones (excluding diaryl/α,β-unsaturated/α-hetero) is 4. The number of carbonyl (C=O) groups is 4. The Morgan fingerprint density at radius 3 is 1.06 bits per heavy atom. The molecule has 4 N–H and O–H groups in total. The Labute approximate surface area is 818 Å². The van der Waals surface area contributed by atoms with Gasteiger partial charge < -0.3 is 38.0 Å². The summed E-state index contributed by atoms with van der Waals surface area (Å²) in [7, 11) is 0. The van der Waals surface area contributed by atoms with Crippen molar-refractivity contribution >= 4 is 67.3 Å². The number of hydrogen-bond donors (Lipinski definition) is 4. The van der Waals surface area contributed by atoms with Crippen LogP contribution in [-0.2, 0) is 70.5 Å². The van der Waals surface area contributed by atoms with Gasteiger partial charge in [0, 0.05) is 187 Å². The molecule has 0 aliphatic heterocycles. The van der Waals surface area contributed by atoms with Gasteiger partial charge in [-0.3, -0.25) is 57.4 Å². The summed E-state index contributed by atoms with van der Waals surface area (Å²) in [5.41, 5.74) is 23.9. The van der Waals surface area contributed by atoms with Crippen LogP contribution in [-0.4, -0.2) is 162 Å². The maximum atomic E-state index is 12.7. The Kier molecular flexibility index (Phi) is 25.8. The zero-order valence-electron chi connectivity index (χ0n) is 77.7. The zero-order valence-corrected chi connectivity index (χ0v) is 77.7. The lowest BCUT2D eigenvalue weighted by Crippen LogP contribution is -2.05. The summed E-state index contributed by atoms with van der Waals surface area (Å²) in [5, 5.41) is 18.1. The fourth-order valence-corrected chi connectivity index (χ4v) is 16.5. The maximum absolute atomic E-state index is 12.7. The molecule has 4 aromatic carbocycles. The Morgan fingerprint density at radius 2 is 0.653 bits per heavy atom. The monoisotopic (exact) mass is 1900 g/mol. The van der Waals surface area contributed by atoms with Crippen LogP contribution >= 0.6 is 0 Å². The largest absolute Gasteiger partial charge is 0.360 e. The Balaban J connectivity index is 0.000000113. The third-order valence-electron chi connectivity index (χ3n) is 23.5. The number of aromatic amines is 4. The lowest BCUT2D eigenvalue weighted by atomic mass is 10.0. The first-order chi connectivity index (χ1) is 70.5. The van der Waals surface area contributed by atoms with Crippen molar-refractivity contribution in [3.63, 3.8) is 0 Å². The van der Waals surface area contributed by atoms with E-state index in [0.717, 1.165) is 163 Å². The molecule has 0 spiro atoms. The van der Waals surface area contributed by atoms with Gasteiger partial charge in [0.2, 0.25) is 0 Å². The van der Waals surface area contributed by atoms with Gasteiger partial charge in [0.1, 0.15) is 141 Å². The lowest BCUT2D eigenvalue weighted by Gasteiger charge is -2.02. The summed E-state index contributed by atoms with van der Waals surface area (Å²) in [6, 6.07) is 61.5. The van der Waals surface area contributed by atoms with E-state index in [4.69, 9.17) is 23.1 Å². The number of hydrogen-bond acceptors (Lipinski definition) is 28. The summed E-state index contributed by atoms with van der Waals surface area (Å²) in [6.07, 6.45) is 36.8. The topological polar surface area (TPSA) is 462 Å². The number of H-pyrrole nitrogens is 4. The number of aromatic nitrogens is 28. The standard InChI is InChI=1S/C28H22N6O2.2C27H21N7O2.C26H20N8O2/c1-18-16-34(17-31-18)28-24-14-26(32-25(24)8-10-30-28)20-6-4-19(5-7-20)11-22(35)12-23-13-27(33-36-23)21-3-2-9-29-15-21;1-17-15-34(16-30-17)27-25-23(8-10-29-27)31-26(32-25)19-6-4-18(5-7-19)11-21(35)12-22-13-24(33-36-22)20-3-2-9-28-14-20;1-17-14-34(16-31-17)27-23-12-24(32-26(23)29-15-30-27)19-6-4-18(5-7-19)9-21(35)10-22-11-25(33-36-22)20-3-2-8-28-13-20;1-16-13-34(15-30-16)26-23-25(28-14-29-26)32-24(31-23)18-6-4-17(5-7-18)9-20(35)10-21-11-22(33-36-21)19-3-2-8-27-12-19/h2-10,13-17,32H,11-12H2,1H3;2-10,13-16H,11-12H2,1H3,(H,31,32);2-8,11-16H,9-10H2,1H3,(H,29,30,32);2-8,11-15H,9-10H2,1H3,(H,28,29,31,32). The summed E-state index contributed by atoms with van der Waals surface area (Å²) in [6.45, 7) is 7.75. The average Bonchev–Trinajstić information content (AvgIpc) is 1.65. The van der Waals surface area contributed by atoms with Crippen molar-refractivity contribution in [2.75, 3.05) is 0 Å². The summed E-state index contributed by atoms with van der Waals surface area (Å²) < 4.78 is 28.9. The molecule has 704 valence electrons. The van der Waals surface area contributed by atoms with Gasteiger partial charge in [0.25, 0.3) is 0 Å². The second-order valence-electron chi connectivity index (χ2n) is 34.2. The average molecular weight is 1900 g/mol. The first kappa shape index (κ1) is 90.8. The predicted molar refractivity (Wildman–Crippen MR) is 533 cm³/mol. The molecule has 0 aliphatic rings. The second-order valence-corrected chi connectivity index (χ2v) is 34.2. The molecule has 20 heterocycles. The van der Waals surface area contributed by atoms with Crippen molar-refractivity contribution in [3.8, 4) is 114 Å². The third-order valence-corrected chi connectivity index (χ3v) is 23.5. The number of carbonyl (C=O) groups excluding carboxylic acids is 4. The molecule has 36 heteroatoms. The number of fused-ring (bicyclic) bond motifs is 4. The third kappa shape index (κ3) is 21.1. The molecule has 0 amide bonds. The predicted octanol–water partition coefficient (Wildman–Crippen LogP) is 18.1. The van der Waals surface area contributed by atoms with Gasteiger partial charge in [0.15, 0.2) is 23.1 Å². The molecule has 0 radical (unpaired) electrons. The van der Waals surface area contributed by atoms with Crippen LogP contribution in [0.15, 0.2) is 337 Å². The quantitative estimate of drug-likeness (QED) is 0.0354. The van der Waals surface area contributed by atoms with E-state index in [2.05, 4.69) is 121 Å². The second kappa shape index (κ2) is 40.9. The van der Waals surface area contributed by atoms with Gasteiger partial charge in [-0.25, -0.2) is 59.8 Å². The van der Waals surface area contributed by atoms with Crippen molar-refractivity contribution in [1.29, 1.82) is 0 Å². The number of aryl methyl sites for hydroxylation is 4. The fraction of sp³-hybridized carbons (Fsp3) is 0.111. The van der Waals surface area contributed by atoms with Gasteiger partial charge >= 0.3 is 0 Å². The van der Waals surface area contributed by atoms with Crippen LogP contribution < -0.4 is 0 Å². The normalized spacial score (nSPS) is 11.2. The number of ketones is 4. The first-order valence-corrected chi connectivity index (χ1v) is 45.8. The minimum absolute atomic E-state index is 0.0379. The SMILES string of the molecule is Cc1cn(-c2nccc3[nH]c(-c4ccc(CC(=O)Cc5cc(-c6cccnc6)no5)cc4)cc23)cn1.Cc1cn(-c2nccc3[nH]c(-c4ccc(CC(=O)Cc5cc(-c6cccnc6)no5)cc4)nc23)cn1.Cc1cn(-c2ncnc3[nH]c(-c4ccc(CC(=O)Cc5cc(-c6cccnc6)no5)cc4)cc23)cn1.Cc1cn(-c2ncnc3nc(-c4ccc(CC(=O)Cc5cc(-c6cccnc6)no5)cc4)[nH]c23)cn1. The van der Waals surface area contributed by atoms with Crippen molar-refractivity contribution < 1.29 is 37.3 Å². The van der Waals surface area contributed by atoms with E-state index in [0.29, 0.717) is 88.8 Å². The molecule has 24 rings (SSSR count). The first-order valence-electron chi connectivity index (χ1n) is 45.8. The van der Waals surface area contributed by atoms with E-state index in [1.165, 1.54) is 12.7 Å². The molecular weight excluding hydrogens is 1820 g/mol. The van der Waals surface area contributed by atoms with E-state index in [1.54, 1.807) is 112 Å². The van der Waals surface area contributed by atoms with E-state index < -0.39 is 0 Å². The molecule has 0 bridgehead atoms. The maximum Gasteiger partial charge on any atom is 0.183 e. The smallest absolute Gasteiger partial charge is 0.183 e. The summed E-state index contributed by atoms with van der Waals surface area (Å²) in [4.78, 5) is 134. The zero-order chi connectivity index (χ0) is 97.9. The fourth-order valence-electron chi connectivity index (χ4n) is 16.5. The van der Waals surface area contributed by atoms with Crippen LogP contribution in [0.25, 0.3) is 158 Å². The number of benzene rings is 4. The van der Waals surface area contributed by atoms with E-state index in [1.807, 2.05) is 235 Å². The molecule has 0 fully saturated rings. The molecule has 0 unspecified atom stereocenters. The van der Waals surface area contributed by atoms with Crippen molar-refractivity contribution in [2.45, 2.75) is 79.1 Å². The number of nitrogens with one attached hydrogen (secondary N) is 4. The molecule has 0 saturated carbocycles. The Bertz CT molecular complexity index is 7660. The highest BCUT2D eigenvalue weighted by Crippen LogP contribution is 2.34. The van der Waals surface area contributed by atoms with Gasteiger partial charge in [-0.15, -0.1) is 0 Å². The van der Waals surface area contributed by atoms with Crippen molar-refractivity contribution in [2.24, 2.45) is 0 Å². The van der Waals surface area contributed by atoms with Gasteiger partial charge in [-0.1, -0.05) is 118 Å². The van der Waals surface area contributed by atoms with Crippen LogP contribution in [0, 0.1) is 27.7 Å². The molecule has 36 nitrogen and oxygen atoms in total. The van der Waals surface area contributed by atoms with E-state index in [-0.39, 0.29) is 48.8 Å². The molecule has 0 saturated heterocycles. The van der Waals surface area contributed by atoms with Gasteiger partial charge in [-0.05, 0) is 134 Å². The van der Waals surface area contributed by atoms with Crippen LogP contribution in [0.5, 0.6) is 0 Å². The highest BCUT2D eigenvalue weighted by atomic mass is 16.5. The van der Waals surface area contributed by atoms with Gasteiger partial charge in [0.05, 0.1) is 64.9 Å². The van der Waals surface area contributed by atoms with Gasteiger partial charge in [-0.2, -0.15) is 0 Å². The molecule has 20 aromatic heterocycles. The molecule has 0 atom stereocenters. The van der Waals surface area contributed by atoms with Crippen LogP contribution in [0.4, 0.5) is 0 Å². The number of rotatable bonds is 28. The molecule has 24 aromatic rings. The molecule has 0 aliphatic carbocycles. The van der Waals surface area contributed by atoms with E-state index in [9.17, 15) is 19.2 Å². The van der Waals surface area contributed by atoms with Crippen LogP contribution in [0.2, 0.25) is 0 Å². The minimum Gasteiger partial charge on any atom is -0.360 e. The number of nitrogens with zero attached hydrogens (tertiary/aromatic N) is 24. The lowest BCUT2D eigenvalue weighted by molar-refractivity contribution is -0.118. The minimum atomic E-state index is 0.0379. The Morgan fingerprint density at radius 1 is 0.299 bits per heavy atom. The van der Waals surface area contributed by atoms with Crippen molar-refractivity contribution in [1.82, 2.24) is 139 Å².